The molecule has 4 heteroatoms. The number of carbonyl (C=O) groups is 1. The minimum atomic E-state index is -0.0352. The van der Waals surface area contributed by atoms with Crippen LogP contribution in [0.25, 0.3) is 0 Å². The Labute approximate surface area is 95.6 Å². The van der Waals surface area contributed by atoms with Gasteiger partial charge in [0.25, 0.3) is 0 Å². The summed E-state index contributed by atoms with van der Waals surface area (Å²) in [4.78, 5) is 13.4. The second-order valence-corrected chi connectivity index (χ2v) is 4.57. The maximum atomic E-state index is 11.1. The molecular formula is C12H18N2O2. The Balaban J connectivity index is 1.99. The van der Waals surface area contributed by atoms with Crippen LogP contribution in [0.3, 0.4) is 0 Å². The molecule has 0 bridgehead atoms. The lowest BCUT2D eigenvalue weighted by molar-refractivity contribution is 0.100. The van der Waals surface area contributed by atoms with Crippen molar-refractivity contribution < 1.29 is 9.32 Å². The first kappa shape index (κ1) is 11.3. The van der Waals surface area contributed by atoms with E-state index in [1.54, 1.807) is 6.07 Å². The van der Waals surface area contributed by atoms with Gasteiger partial charge in [0.2, 0.25) is 0 Å². The molecule has 1 aromatic rings. The van der Waals surface area contributed by atoms with Crippen molar-refractivity contribution in [1.29, 1.82) is 0 Å². The first-order chi connectivity index (χ1) is 7.66. The Morgan fingerprint density at radius 1 is 1.62 bits per heavy atom. The van der Waals surface area contributed by atoms with Crippen LogP contribution in [0.4, 0.5) is 0 Å². The molecule has 0 aliphatic carbocycles. The SMILES string of the molecule is CC(=O)c1cc(CC2CCCCN2C)on1. The zero-order valence-electron chi connectivity index (χ0n) is 9.90. The van der Waals surface area contributed by atoms with Crippen molar-refractivity contribution in [3.8, 4) is 0 Å². The summed E-state index contributed by atoms with van der Waals surface area (Å²) in [6, 6.07) is 2.30. The predicted octanol–water partition coefficient (Wildman–Crippen LogP) is 1.90. The third-order valence-electron chi connectivity index (χ3n) is 3.28. The number of Topliss-reactive ketones (excluding diaryl/α,β-unsaturated/α-hetero) is 1. The monoisotopic (exact) mass is 222 g/mol. The van der Waals surface area contributed by atoms with E-state index in [0.717, 1.165) is 18.7 Å². The molecule has 1 aromatic heterocycles. The van der Waals surface area contributed by atoms with Crippen LogP contribution in [0.2, 0.25) is 0 Å². The molecular weight excluding hydrogens is 204 g/mol. The fourth-order valence-corrected chi connectivity index (χ4v) is 2.21. The summed E-state index contributed by atoms with van der Waals surface area (Å²) in [6.07, 6.45) is 4.62. The molecule has 4 nitrogen and oxygen atoms in total. The highest BCUT2D eigenvalue weighted by Crippen LogP contribution is 2.19. The Kier molecular flexibility index (Phi) is 3.39. The topological polar surface area (TPSA) is 46.3 Å². The number of likely N-dealkylation sites (N-methyl/N-ethyl adjacent to an activating group) is 1. The summed E-state index contributed by atoms with van der Waals surface area (Å²) in [5.74, 6) is 0.788. The van der Waals surface area contributed by atoms with Crippen LogP contribution >= 0.6 is 0 Å². The molecule has 2 rings (SSSR count). The van der Waals surface area contributed by atoms with Crippen LogP contribution in [-0.4, -0.2) is 35.5 Å². The molecule has 1 atom stereocenters. The maximum Gasteiger partial charge on any atom is 0.181 e. The van der Waals surface area contributed by atoms with Crippen molar-refractivity contribution in [1.82, 2.24) is 10.1 Å². The average molecular weight is 222 g/mol. The molecule has 1 saturated heterocycles. The van der Waals surface area contributed by atoms with Crippen LogP contribution in [0.5, 0.6) is 0 Å². The minimum Gasteiger partial charge on any atom is -0.361 e. The van der Waals surface area contributed by atoms with Gasteiger partial charge in [0.1, 0.15) is 11.5 Å². The number of carbonyl (C=O) groups excluding carboxylic acids is 1. The summed E-state index contributed by atoms with van der Waals surface area (Å²) >= 11 is 0. The van der Waals surface area contributed by atoms with Crippen molar-refractivity contribution >= 4 is 5.78 Å². The summed E-state index contributed by atoms with van der Waals surface area (Å²) in [7, 11) is 2.14. The highest BCUT2D eigenvalue weighted by Gasteiger charge is 2.21. The van der Waals surface area contributed by atoms with Gasteiger partial charge >= 0.3 is 0 Å². The number of hydrogen-bond acceptors (Lipinski definition) is 4. The number of aromatic nitrogens is 1. The van der Waals surface area contributed by atoms with Gasteiger partial charge in [0.05, 0.1) is 0 Å². The molecule has 1 fully saturated rings. The van der Waals surface area contributed by atoms with Crippen LogP contribution in [0.1, 0.15) is 42.4 Å². The molecule has 2 heterocycles. The second-order valence-electron chi connectivity index (χ2n) is 4.57. The molecule has 16 heavy (non-hydrogen) atoms. The van der Waals surface area contributed by atoms with E-state index in [1.165, 1.54) is 26.2 Å². The normalized spacial score (nSPS) is 22.2. The van der Waals surface area contributed by atoms with Gasteiger partial charge in [-0.3, -0.25) is 4.79 Å². The highest BCUT2D eigenvalue weighted by atomic mass is 16.5. The van der Waals surface area contributed by atoms with E-state index >= 15 is 0 Å². The Morgan fingerprint density at radius 3 is 3.06 bits per heavy atom. The molecule has 1 aliphatic heterocycles. The summed E-state index contributed by atoms with van der Waals surface area (Å²) in [5.41, 5.74) is 0.438. The van der Waals surface area contributed by atoms with Gasteiger partial charge in [-0.1, -0.05) is 11.6 Å². The van der Waals surface area contributed by atoms with E-state index in [9.17, 15) is 4.79 Å². The van der Waals surface area contributed by atoms with Crippen LogP contribution in [0, 0.1) is 0 Å². The molecule has 88 valence electrons. The molecule has 0 amide bonds. The number of piperidine rings is 1. The second kappa shape index (κ2) is 4.78. The largest absolute Gasteiger partial charge is 0.361 e. The lowest BCUT2D eigenvalue weighted by Crippen LogP contribution is -2.37. The molecule has 1 unspecified atom stereocenters. The lowest BCUT2D eigenvalue weighted by atomic mass is 9.99. The van der Waals surface area contributed by atoms with E-state index in [-0.39, 0.29) is 5.78 Å². The van der Waals surface area contributed by atoms with Crippen LogP contribution < -0.4 is 0 Å². The lowest BCUT2D eigenvalue weighted by Gasteiger charge is -2.31. The Morgan fingerprint density at radius 2 is 2.44 bits per heavy atom. The van der Waals surface area contributed by atoms with Gasteiger partial charge in [0.15, 0.2) is 5.78 Å². The van der Waals surface area contributed by atoms with Crippen LogP contribution in [0.15, 0.2) is 10.6 Å². The van der Waals surface area contributed by atoms with E-state index in [4.69, 9.17) is 4.52 Å². The van der Waals surface area contributed by atoms with Gasteiger partial charge in [-0.15, -0.1) is 0 Å². The highest BCUT2D eigenvalue weighted by molar-refractivity contribution is 5.91. The molecule has 1 aliphatic rings. The molecule has 0 saturated carbocycles. The smallest absolute Gasteiger partial charge is 0.181 e. The van der Waals surface area contributed by atoms with Crippen molar-refractivity contribution in [3.05, 3.63) is 17.5 Å². The van der Waals surface area contributed by atoms with E-state index in [2.05, 4.69) is 17.1 Å². The molecule has 0 aromatic carbocycles. The zero-order chi connectivity index (χ0) is 11.5. The van der Waals surface area contributed by atoms with Gasteiger partial charge in [-0.05, 0) is 26.4 Å². The van der Waals surface area contributed by atoms with E-state index < -0.39 is 0 Å². The maximum absolute atomic E-state index is 11.1. The van der Waals surface area contributed by atoms with Crippen molar-refractivity contribution in [2.75, 3.05) is 13.6 Å². The van der Waals surface area contributed by atoms with Crippen molar-refractivity contribution in [3.63, 3.8) is 0 Å². The third-order valence-corrected chi connectivity index (χ3v) is 3.28. The summed E-state index contributed by atoms with van der Waals surface area (Å²) in [5, 5.41) is 3.76. The Bertz CT molecular complexity index is 373. The number of nitrogens with zero attached hydrogens (tertiary/aromatic N) is 2. The van der Waals surface area contributed by atoms with Gasteiger partial charge < -0.3 is 9.42 Å². The fraction of sp³-hybridized carbons (Fsp3) is 0.667. The molecule has 0 spiro atoms. The number of rotatable bonds is 3. The average Bonchev–Trinajstić information content (AvgIpc) is 2.70. The Hall–Kier alpha value is -1.16. The summed E-state index contributed by atoms with van der Waals surface area (Å²) in [6.45, 7) is 2.66. The standard InChI is InChI=1S/C12H18N2O2/c1-9(15)12-8-11(16-13-12)7-10-5-3-4-6-14(10)2/h8,10H,3-7H2,1-2H3. The van der Waals surface area contributed by atoms with E-state index in [0.29, 0.717) is 11.7 Å². The fourth-order valence-electron chi connectivity index (χ4n) is 2.21. The van der Waals surface area contributed by atoms with Crippen molar-refractivity contribution in [2.24, 2.45) is 0 Å². The van der Waals surface area contributed by atoms with E-state index in [1.807, 2.05) is 0 Å². The van der Waals surface area contributed by atoms with Crippen molar-refractivity contribution in [2.45, 2.75) is 38.6 Å². The van der Waals surface area contributed by atoms with Gasteiger partial charge in [-0.2, -0.15) is 0 Å². The first-order valence-corrected chi connectivity index (χ1v) is 5.83. The van der Waals surface area contributed by atoms with Crippen LogP contribution in [-0.2, 0) is 6.42 Å². The van der Waals surface area contributed by atoms with Gasteiger partial charge in [0, 0.05) is 25.5 Å². The number of ketones is 1. The van der Waals surface area contributed by atoms with Gasteiger partial charge in [-0.25, -0.2) is 0 Å². The molecule has 0 N–H and O–H groups in total. The zero-order valence-corrected chi connectivity index (χ0v) is 9.90. The number of hydrogen-bond donors (Lipinski definition) is 0. The molecule has 0 radical (unpaired) electrons. The third kappa shape index (κ3) is 2.50. The first-order valence-electron chi connectivity index (χ1n) is 5.83. The minimum absolute atomic E-state index is 0.0352. The quantitative estimate of drug-likeness (QED) is 0.733. The predicted molar refractivity (Wildman–Crippen MR) is 60.5 cm³/mol. The summed E-state index contributed by atoms with van der Waals surface area (Å²) < 4.78 is 5.18. The number of likely N-dealkylation sites (tertiary alicyclic amines) is 1.